The van der Waals surface area contributed by atoms with E-state index in [2.05, 4.69) is 26.1 Å². The van der Waals surface area contributed by atoms with Crippen LogP contribution in [0.4, 0.5) is 11.8 Å². The minimum absolute atomic E-state index is 0.466. The Morgan fingerprint density at radius 1 is 1.04 bits per heavy atom. The van der Waals surface area contributed by atoms with Crippen molar-refractivity contribution in [1.82, 2.24) is 20.2 Å². The molecule has 0 unspecified atom stereocenters. The van der Waals surface area contributed by atoms with Crippen molar-refractivity contribution in [3.63, 3.8) is 0 Å². The lowest BCUT2D eigenvalue weighted by Gasteiger charge is -2.27. The normalized spacial score (nSPS) is 14.8. The zero-order valence-electron chi connectivity index (χ0n) is 13.1. The van der Waals surface area contributed by atoms with Crippen LogP contribution >= 0.6 is 0 Å². The Hall–Kier alpha value is -2.93. The lowest BCUT2D eigenvalue weighted by atomic mass is 10.1. The molecule has 0 radical (unpaired) electrons. The maximum Gasteiger partial charge on any atom is 0.228 e. The number of aromatic nitrogens is 4. The highest BCUT2D eigenvalue weighted by molar-refractivity contribution is 5.71. The van der Waals surface area contributed by atoms with Crippen molar-refractivity contribution in [3.05, 3.63) is 42.6 Å². The summed E-state index contributed by atoms with van der Waals surface area (Å²) >= 11 is 0. The van der Waals surface area contributed by atoms with Crippen LogP contribution in [-0.2, 0) is 4.74 Å². The number of benzene rings is 1. The Kier molecular flexibility index (Phi) is 3.84. The minimum atomic E-state index is 0.466. The fourth-order valence-corrected chi connectivity index (χ4v) is 2.77. The van der Waals surface area contributed by atoms with Crippen molar-refractivity contribution >= 4 is 11.8 Å². The molecule has 1 aromatic carbocycles. The van der Waals surface area contributed by atoms with Crippen LogP contribution in [0.25, 0.3) is 22.5 Å². The van der Waals surface area contributed by atoms with Gasteiger partial charge in [0.15, 0.2) is 0 Å². The molecule has 2 aromatic heterocycles. The Labute approximate surface area is 139 Å². The Morgan fingerprint density at radius 3 is 2.67 bits per heavy atom. The minimum Gasteiger partial charge on any atom is -0.384 e. The highest BCUT2D eigenvalue weighted by atomic mass is 16.5. The molecule has 24 heavy (non-hydrogen) atoms. The van der Waals surface area contributed by atoms with Gasteiger partial charge in [-0.05, 0) is 12.1 Å². The van der Waals surface area contributed by atoms with Crippen molar-refractivity contribution in [2.75, 3.05) is 36.9 Å². The molecule has 0 spiro atoms. The van der Waals surface area contributed by atoms with E-state index in [0.29, 0.717) is 25.0 Å². The van der Waals surface area contributed by atoms with Gasteiger partial charge >= 0.3 is 0 Å². The van der Waals surface area contributed by atoms with Crippen molar-refractivity contribution < 1.29 is 4.74 Å². The molecule has 3 N–H and O–H groups in total. The Balaban J connectivity index is 1.71. The van der Waals surface area contributed by atoms with E-state index in [0.717, 1.165) is 35.6 Å². The first-order valence-corrected chi connectivity index (χ1v) is 7.87. The van der Waals surface area contributed by atoms with Crippen molar-refractivity contribution in [1.29, 1.82) is 0 Å². The van der Waals surface area contributed by atoms with E-state index < -0.39 is 0 Å². The van der Waals surface area contributed by atoms with E-state index in [4.69, 9.17) is 15.5 Å². The summed E-state index contributed by atoms with van der Waals surface area (Å²) in [5.74, 6) is 1.12. The molecule has 0 saturated carbocycles. The van der Waals surface area contributed by atoms with Gasteiger partial charge in [-0.1, -0.05) is 18.2 Å². The number of rotatable bonds is 3. The summed E-state index contributed by atoms with van der Waals surface area (Å²) in [6, 6.07) is 11.9. The summed E-state index contributed by atoms with van der Waals surface area (Å²) in [6.45, 7) is 2.92. The standard InChI is InChI=1S/C17H18N6O/c18-16-11-15(20-17(21-16)23-6-8-24-9-7-23)13-3-1-2-12(10-13)14-4-5-19-22-14/h1-5,10-11H,6-9H2,(H,19,22)(H2,18,20,21). The summed E-state index contributed by atoms with van der Waals surface area (Å²) in [5.41, 5.74) is 9.83. The van der Waals surface area contributed by atoms with Crippen LogP contribution in [0.1, 0.15) is 0 Å². The number of nitrogen functional groups attached to an aromatic ring is 1. The third-order valence-electron chi connectivity index (χ3n) is 4.00. The summed E-state index contributed by atoms with van der Waals surface area (Å²) < 4.78 is 5.39. The number of aromatic amines is 1. The monoisotopic (exact) mass is 322 g/mol. The fourth-order valence-electron chi connectivity index (χ4n) is 2.77. The molecule has 3 heterocycles. The van der Waals surface area contributed by atoms with Gasteiger partial charge in [-0.25, -0.2) is 4.98 Å². The van der Waals surface area contributed by atoms with Gasteiger partial charge in [0.25, 0.3) is 0 Å². The molecule has 122 valence electrons. The van der Waals surface area contributed by atoms with Gasteiger partial charge in [-0.3, -0.25) is 5.10 Å². The molecular formula is C17H18N6O. The van der Waals surface area contributed by atoms with Crippen molar-refractivity contribution in [2.24, 2.45) is 0 Å². The molecule has 7 heteroatoms. The van der Waals surface area contributed by atoms with Gasteiger partial charge in [-0.15, -0.1) is 0 Å². The SMILES string of the molecule is Nc1cc(-c2cccc(-c3ccn[nH]3)c2)nc(N2CCOCC2)n1. The molecule has 3 aromatic rings. The van der Waals surface area contributed by atoms with E-state index in [1.165, 1.54) is 0 Å². The zero-order chi connectivity index (χ0) is 16.4. The molecule has 1 aliphatic heterocycles. The van der Waals surface area contributed by atoms with Crippen LogP contribution in [0.5, 0.6) is 0 Å². The molecule has 0 atom stereocenters. The van der Waals surface area contributed by atoms with Crippen molar-refractivity contribution in [3.8, 4) is 22.5 Å². The number of H-pyrrole nitrogens is 1. The zero-order valence-corrected chi connectivity index (χ0v) is 13.1. The molecule has 0 bridgehead atoms. The maximum absolute atomic E-state index is 6.01. The van der Waals surface area contributed by atoms with Gasteiger partial charge in [-0.2, -0.15) is 10.1 Å². The average molecular weight is 322 g/mol. The van der Waals surface area contributed by atoms with E-state index in [-0.39, 0.29) is 0 Å². The smallest absolute Gasteiger partial charge is 0.228 e. The fraction of sp³-hybridized carbons (Fsp3) is 0.235. The lowest BCUT2D eigenvalue weighted by molar-refractivity contribution is 0.122. The van der Waals surface area contributed by atoms with Crippen molar-refractivity contribution in [2.45, 2.75) is 0 Å². The molecule has 0 aliphatic carbocycles. The predicted octanol–water partition coefficient (Wildman–Crippen LogP) is 1.95. The van der Waals surface area contributed by atoms with Crippen LogP contribution in [0, 0.1) is 0 Å². The average Bonchev–Trinajstić information content (AvgIpc) is 3.17. The largest absolute Gasteiger partial charge is 0.384 e. The Bertz CT molecular complexity index is 827. The number of hydrogen-bond acceptors (Lipinski definition) is 6. The highest BCUT2D eigenvalue weighted by Gasteiger charge is 2.16. The number of morpholine rings is 1. The number of nitrogens with two attached hydrogens (primary N) is 1. The second-order valence-electron chi connectivity index (χ2n) is 5.63. The number of hydrogen-bond donors (Lipinski definition) is 2. The predicted molar refractivity (Wildman–Crippen MR) is 92.5 cm³/mol. The third kappa shape index (κ3) is 2.93. The van der Waals surface area contributed by atoms with Gasteiger partial charge in [0.1, 0.15) is 5.82 Å². The molecule has 1 aliphatic rings. The van der Waals surface area contributed by atoms with Gasteiger partial charge in [0.2, 0.25) is 5.95 Å². The molecular weight excluding hydrogens is 304 g/mol. The lowest BCUT2D eigenvalue weighted by Crippen LogP contribution is -2.37. The highest BCUT2D eigenvalue weighted by Crippen LogP contribution is 2.26. The molecule has 1 fully saturated rings. The third-order valence-corrected chi connectivity index (χ3v) is 4.00. The van der Waals surface area contributed by atoms with Crippen LogP contribution in [-0.4, -0.2) is 46.5 Å². The number of nitrogens with one attached hydrogen (secondary N) is 1. The summed E-state index contributed by atoms with van der Waals surface area (Å²) in [4.78, 5) is 11.2. The van der Waals surface area contributed by atoms with E-state index >= 15 is 0 Å². The van der Waals surface area contributed by atoms with Crippen LogP contribution in [0.2, 0.25) is 0 Å². The van der Waals surface area contributed by atoms with Crippen LogP contribution < -0.4 is 10.6 Å². The number of ether oxygens (including phenoxy) is 1. The first-order chi connectivity index (χ1) is 11.8. The van der Waals surface area contributed by atoms with Crippen LogP contribution in [0.3, 0.4) is 0 Å². The first-order valence-electron chi connectivity index (χ1n) is 7.87. The molecule has 4 rings (SSSR count). The first kappa shape index (κ1) is 14.6. The number of nitrogens with zero attached hydrogens (tertiary/aromatic N) is 4. The van der Waals surface area contributed by atoms with Gasteiger partial charge in [0.05, 0.1) is 24.6 Å². The summed E-state index contributed by atoms with van der Waals surface area (Å²) in [5, 5.41) is 6.98. The molecule has 1 saturated heterocycles. The van der Waals surface area contributed by atoms with Gasteiger partial charge < -0.3 is 15.4 Å². The Morgan fingerprint density at radius 2 is 1.88 bits per heavy atom. The van der Waals surface area contributed by atoms with Gasteiger partial charge in [0, 0.05) is 36.5 Å². The number of anilines is 2. The second-order valence-corrected chi connectivity index (χ2v) is 5.63. The van der Waals surface area contributed by atoms with E-state index in [1.54, 1.807) is 12.3 Å². The summed E-state index contributed by atoms with van der Waals surface area (Å²) in [7, 11) is 0. The maximum atomic E-state index is 6.01. The molecule has 0 amide bonds. The van der Waals surface area contributed by atoms with E-state index in [1.807, 2.05) is 24.3 Å². The quantitative estimate of drug-likeness (QED) is 0.765. The summed E-state index contributed by atoms with van der Waals surface area (Å²) in [6.07, 6.45) is 1.74. The van der Waals surface area contributed by atoms with E-state index in [9.17, 15) is 0 Å². The second kappa shape index (κ2) is 6.29. The van der Waals surface area contributed by atoms with Crippen LogP contribution in [0.15, 0.2) is 42.6 Å². The molecule has 7 nitrogen and oxygen atoms in total. The topological polar surface area (TPSA) is 93.0 Å².